The molecule has 0 amide bonds. The molecule has 0 saturated heterocycles. The standard InChI is InChI=1S/C12H13F3O2/c1-11(12(13,14)15)10-4-3-9(16-2)7-8(10)5-6-17-11/h3-4,7H,5-6H2,1-2H3/t11-/m0/s1. The summed E-state index contributed by atoms with van der Waals surface area (Å²) < 4.78 is 49.1. The highest BCUT2D eigenvalue weighted by Gasteiger charge is 2.55. The van der Waals surface area contributed by atoms with Crippen LogP contribution in [0.15, 0.2) is 18.2 Å². The van der Waals surface area contributed by atoms with Crippen molar-refractivity contribution in [2.75, 3.05) is 13.7 Å². The molecule has 0 spiro atoms. The predicted molar refractivity (Wildman–Crippen MR) is 56.1 cm³/mol. The third kappa shape index (κ3) is 1.88. The Kier molecular flexibility index (Phi) is 2.81. The molecule has 0 aliphatic carbocycles. The molecule has 0 radical (unpaired) electrons. The zero-order valence-electron chi connectivity index (χ0n) is 9.60. The van der Waals surface area contributed by atoms with E-state index in [9.17, 15) is 13.2 Å². The van der Waals surface area contributed by atoms with E-state index in [2.05, 4.69) is 0 Å². The van der Waals surface area contributed by atoms with E-state index in [1.165, 1.54) is 19.2 Å². The van der Waals surface area contributed by atoms with Crippen LogP contribution in [-0.2, 0) is 16.8 Å². The van der Waals surface area contributed by atoms with Crippen molar-refractivity contribution >= 4 is 0 Å². The van der Waals surface area contributed by atoms with Crippen LogP contribution in [-0.4, -0.2) is 19.9 Å². The fourth-order valence-corrected chi connectivity index (χ4v) is 2.05. The lowest BCUT2D eigenvalue weighted by Crippen LogP contribution is -2.45. The highest BCUT2D eigenvalue weighted by atomic mass is 19.4. The zero-order valence-corrected chi connectivity index (χ0v) is 9.60. The van der Waals surface area contributed by atoms with E-state index in [0.717, 1.165) is 6.92 Å². The second kappa shape index (κ2) is 3.91. The Balaban J connectivity index is 2.52. The first-order valence-corrected chi connectivity index (χ1v) is 5.26. The van der Waals surface area contributed by atoms with Gasteiger partial charge in [-0.15, -0.1) is 0 Å². The van der Waals surface area contributed by atoms with Crippen molar-refractivity contribution in [2.24, 2.45) is 0 Å². The second-order valence-electron chi connectivity index (χ2n) is 4.15. The van der Waals surface area contributed by atoms with Gasteiger partial charge in [0.25, 0.3) is 0 Å². The van der Waals surface area contributed by atoms with E-state index < -0.39 is 11.8 Å². The van der Waals surface area contributed by atoms with Gasteiger partial charge in [-0.1, -0.05) is 6.07 Å². The van der Waals surface area contributed by atoms with E-state index >= 15 is 0 Å². The number of methoxy groups -OCH3 is 1. The Morgan fingerprint density at radius 1 is 1.35 bits per heavy atom. The molecule has 94 valence electrons. The van der Waals surface area contributed by atoms with Crippen LogP contribution in [0.3, 0.4) is 0 Å². The molecule has 0 saturated carbocycles. The van der Waals surface area contributed by atoms with Gasteiger partial charge in [0.05, 0.1) is 13.7 Å². The topological polar surface area (TPSA) is 18.5 Å². The summed E-state index contributed by atoms with van der Waals surface area (Å²) >= 11 is 0. The van der Waals surface area contributed by atoms with E-state index in [1.54, 1.807) is 6.07 Å². The molecule has 1 atom stereocenters. The minimum absolute atomic E-state index is 0.0657. The molecule has 0 bridgehead atoms. The molecule has 1 heterocycles. The predicted octanol–water partition coefficient (Wildman–Crippen LogP) is 3.05. The van der Waals surface area contributed by atoms with Crippen LogP contribution in [0.4, 0.5) is 13.2 Å². The number of hydrogen-bond donors (Lipinski definition) is 0. The summed E-state index contributed by atoms with van der Waals surface area (Å²) in [5.74, 6) is 0.565. The Morgan fingerprint density at radius 3 is 2.65 bits per heavy atom. The molecular weight excluding hydrogens is 233 g/mol. The Morgan fingerprint density at radius 2 is 2.06 bits per heavy atom. The maximum atomic E-state index is 13.0. The summed E-state index contributed by atoms with van der Waals surface area (Å²) in [5, 5.41) is 0. The number of alkyl halides is 3. The molecule has 17 heavy (non-hydrogen) atoms. The molecule has 1 aliphatic heterocycles. The van der Waals surface area contributed by atoms with Gasteiger partial charge >= 0.3 is 6.18 Å². The van der Waals surface area contributed by atoms with Crippen LogP contribution >= 0.6 is 0 Å². The zero-order chi connectivity index (χ0) is 12.7. The first-order chi connectivity index (χ1) is 7.88. The molecule has 0 fully saturated rings. The summed E-state index contributed by atoms with van der Waals surface area (Å²) in [7, 11) is 1.49. The van der Waals surface area contributed by atoms with Crippen LogP contribution in [0.25, 0.3) is 0 Å². The lowest BCUT2D eigenvalue weighted by atomic mass is 9.87. The van der Waals surface area contributed by atoms with Gasteiger partial charge in [0, 0.05) is 0 Å². The largest absolute Gasteiger partial charge is 0.497 e. The van der Waals surface area contributed by atoms with Crippen LogP contribution in [0.2, 0.25) is 0 Å². The molecule has 0 N–H and O–H groups in total. The fraction of sp³-hybridized carbons (Fsp3) is 0.500. The Bertz CT molecular complexity index is 428. The highest BCUT2D eigenvalue weighted by Crippen LogP contribution is 2.45. The summed E-state index contributed by atoms with van der Waals surface area (Å²) in [5.41, 5.74) is -1.40. The fourth-order valence-electron chi connectivity index (χ4n) is 2.05. The maximum Gasteiger partial charge on any atom is 0.421 e. The molecule has 2 nitrogen and oxygen atoms in total. The van der Waals surface area contributed by atoms with Crippen molar-refractivity contribution in [1.29, 1.82) is 0 Å². The van der Waals surface area contributed by atoms with Crippen molar-refractivity contribution in [2.45, 2.75) is 25.1 Å². The van der Waals surface area contributed by atoms with Gasteiger partial charge in [-0.2, -0.15) is 13.2 Å². The number of ether oxygens (including phenoxy) is 2. The van der Waals surface area contributed by atoms with Gasteiger partial charge in [-0.25, -0.2) is 0 Å². The lowest BCUT2D eigenvalue weighted by molar-refractivity contribution is -0.281. The molecule has 1 aromatic rings. The van der Waals surface area contributed by atoms with Crippen molar-refractivity contribution in [3.05, 3.63) is 29.3 Å². The number of halogens is 3. The summed E-state index contributed by atoms with van der Waals surface area (Å²) in [6.07, 6.45) is -3.95. The van der Waals surface area contributed by atoms with Crippen LogP contribution in [0.5, 0.6) is 5.75 Å². The molecule has 5 heteroatoms. The average Bonchev–Trinajstić information content (AvgIpc) is 2.27. The molecule has 2 rings (SSSR count). The number of fused-ring (bicyclic) bond motifs is 1. The van der Waals surface area contributed by atoms with Crippen molar-refractivity contribution in [1.82, 2.24) is 0 Å². The average molecular weight is 246 g/mol. The number of benzene rings is 1. The van der Waals surface area contributed by atoms with Gasteiger partial charge in [-0.3, -0.25) is 0 Å². The first-order valence-electron chi connectivity index (χ1n) is 5.26. The Hall–Kier alpha value is -1.23. The van der Waals surface area contributed by atoms with E-state index in [-0.39, 0.29) is 12.2 Å². The third-order valence-electron chi connectivity index (χ3n) is 3.13. The SMILES string of the molecule is COc1ccc2c(c1)CCO[C@]2(C)C(F)(F)F. The van der Waals surface area contributed by atoms with E-state index in [1.807, 2.05) is 0 Å². The van der Waals surface area contributed by atoms with Crippen molar-refractivity contribution in [3.8, 4) is 5.75 Å². The van der Waals surface area contributed by atoms with E-state index in [4.69, 9.17) is 9.47 Å². The van der Waals surface area contributed by atoms with Gasteiger partial charge < -0.3 is 9.47 Å². The van der Waals surface area contributed by atoms with Gasteiger partial charge in [0.1, 0.15) is 5.75 Å². The van der Waals surface area contributed by atoms with Crippen LogP contribution < -0.4 is 4.74 Å². The maximum absolute atomic E-state index is 13.0. The van der Waals surface area contributed by atoms with Gasteiger partial charge in [-0.05, 0) is 36.6 Å². The van der Waals surface area contributed by atoms with E-state index in [0.29, 0.717) is 17.7 Å². The normalized spacial score (nSPS) is 24.3. The monoisotopic (exact) mass is 246 g/mol. The minimum Gasteiger partial charge on any atom is -0.497 e. The summed E-state index contributed by atoms with van der Waals surface area (Å²) in [4.78, 5) is 0. The molecule has 1 aliphatic rings. The lowest BCUT2D eigenvalue weighted by Gasteiger charge is -2.37. The second-order valence-corrected chi connectivity index (χ2v) is 4.15. The minimum atomic E-state index is -4.42. The summed E-state index contributed by atoms with van der Waals surface area (Å²) in [6.45, 7) is 1.13. The first kappa shape index (κ1) is 12.2. The number of rotatable bonds is 1. The van der Waals surface area contributed by atoms with Crippen LogP contribution in [0, 0.1) is 0 Å². The Labute approximate surface area is 97.3 Å². The number of hydrogen-bond acceptors (Lipinski definition) is 2. The van der Waals surface area contributed by atoms with Gasteiger partial charge in [0.2, 0.25) is 0 Å². The molecule has 0 unspecified atom stereocenters. The van der Waals surface area contributed by atoms with Crippen molar-refractivity contribution < 1.29 is 22.6 Å². The molecule has 1 aromatic carbocycles. The van der Waals surface area contributed by atoms with Gasteiger partial charge in [0.15, 0.2) is 5.60 Å². The van der Waals surface area contributed by atoms with Crippen LogP contribution in [0.1, 0.15) is 18.1 Å². The highest BCUT2D eigenvalue weighted by molar-refractivity contribution is 5.41. The molecular formula is C12H13F3O2. The van der Waals surface area contributed by atoms with Crippen molar-refractivity contribution in [3.63, 3.8) is 0 Å². The molecule has 0 aromatic heterocycles. The summed E-state index contributed by atoms with van der Waals surface area (Å²) in [6, 6.07) is 4.60. The smallest absolute Gasteiger partial charge is 0.421 e. The third-order valence-corrected chi connectivity index (χ3v) is 3.13. The quantitative estimate of drug-likeness (QED) is 0.758.